The fourth-order valence-corrected chi connectivity index (χ4v) is 3.33. The predicted molar refractivity (Wildman–Crippen MR) is 75.4 cm³/mol. The summed E-state index contributed by atoms with van der Waals surface area (Å²) in [4.78, 5) is 12.5. The van der Waals surface area contributed by atoms with Crippen molar-refractivity contribution in [1.29, 1.82) is 0 Å². The van der Waals surface area contributed by atoms with Gasteiger partial charge in [0.1, 0.15) is 0 Å². The largest absolute Gasteiger partial charge is 0.344 e. The first-order chi connectivity index (χ1) is 9.22. The molecule has 0 radical (unpaired) electrons. The third-order valence-corrected chi connectivity index (χ3v) is 4.30. The second-order valence-corrected chi connectivity index (χ2v) is 5.66. The van der Waals surface area contributed by atoms with Crippen LogP contribution in [0.25, 0.3) is 6.08 Å². The molecule has 0 saturated heterocycles. The molecule has 4 rings (SSSR count). The second kappa shape index (κ2) is 3.84. The molecule has 1 aliphatic heterocycles. The molecule has 2 nitrogen and oxygen atoms in total. The van der Waals surface area contributed by atoms with Crippen LogP contribution < -0.4 is 0 Å². The zero-order valence-corrected chi connectivity index (χ0v) is 11.0. The maximum Gasteiger partial charge on any atom is 0.205 e. The van der Waals surface area contributed by atoms with Crippen LogP contribution in [0.15, 0.2) is 42.1 Å². The molecule has 94 valence electrons. The minimum absolute atomic E-state index is 0.168. The molecule has 2 aromatic rings. The van der Waals surface area contributed by atoms with Gasteiger partial charge in [-0.05, 0) is 47.9 Å². The molecular formula is C16H12ClNO. The standard InChI is InChI=1S/C16H12ClNO/c17-13-4-3-10-8-14-12(6-11(10)7-13)9-18-5-1-2-15(18)16(14)19/h1-5,7-8,12H,6,9H2. The summed E-state index contributed by atoms with van der Waals surface area (Å²) in [5, 5.41) is 0.763. The number of carbonyl (C=O) groups is 1. The van der Waals surface area contributed by atoms with Crippen LogP contribution in [0, 0.1) is 5.92 Å². The molecular weight excluding hydrogens is 258 g/mol. The normalized spacial score (nSPS) is 20.4. The van der Waals surface area contributed by atoms with Crippen molar-refractivity contribution in [1.82, 2.24) is 4.57 Å². The number of rotatable bonds is 0. The van der Waals surface area contributed by atoms with E-state index >= 15 is 0 Å². The summed E-state index contributed by atoms with van der Waals surface area (Å²) in [5.74, 6) is 0.445. The lowest BCUT2D eigenvalue weighted by Crippen LogP contribution is -2.30. The molecule has 19 heavy (non-hydrogen) atoms. The van der Waals surface area contributed by atoms with Gasteiger partial charge in [-0.15, -0.1) is 0 Å². The molecule has 0 amide bonds. The Morgan fingerprint density at radius 3 is 3.05 bits per heavy atom. The van der Waals surface area contributed by atoms with E-state index in [1.54, 1.807) is 0 Å². The van der Waals surface area contributed by atoms with Gasteiger partial charge in [0.05, 0.1) is 5.69 Å². The molecule has 1 aromatic heterocycles. The van der Waals surface area contributed by atoms with Crippen LogP contribution in [0.1, 0.15) is 21.6 Å². The number of benzene rings is 1. The highest BCUT2D eigenvalue weighted by molar-refractivity contribution is 6.30. The lowest BCUT2D eigenvalue weighted by atomic mass is 9.79. The molecule has 0 bridgehead atoms. The highest BCUT2D eigenvalue weighted by Gasteiger charge is 2.32. The minimum atomic E-state index is 0.168. The fraction of sp³-hybridized carbons (Fsp3) is 0.188. The van der Waals surface area contributed by atoms with Crippen molar-refractivity contribution in [2.75, 3.05) is 0 Å². The third kappa shape index (κ3) is 1.60. The highest BCUT2D eigenvalue weighted by atomic mass is 35.5. The van der Waals surface area contributed by atoms with Crippen molar-refractivity contribution in [3.8, 4) is 0 Å². The number of fused-ring (bicyclic) bond motifs is 3. The van der Waals surface area contributed by atoms with Crippen LogP contribution in [0.3, 0.4) is 0 Å². The van der Waals surface area contributed by atoms with Crippen LogP contribution in [0.2, 0.25) is 5.02 Å². The SMILES string of the molecule is O=C1C2=Cc3ccc(Cl)cc3CC2Cn2cccc21. The van der Waals surface area contributed by atoms with E-state index in [9.17, 15) is 4.79 Å². The molecule has 2 heterocycles. The zero-order chi connectivity index (χ0) is 13.0. The molecule has 1 unspecified atom stereocenters. The average molecular weight is 270 g/mol. The van der Waals surface area contributed by atoms with E-state index in [0.717, 1.165) is 34.8 Å². The van der Waals surface area contributed by atoms with Gasteiger partial charge >= 0.3 is 0 Å². The Morgan fingerprint density at radius 1 is 1.26 bits per heavy atom. The number of allylic oxidation sites excluding steroid dienone is 1. The average Bonchev–Trinajstić information content (AvgIpc) is 2.85. The number of Topliss-reactive ketones (excluding diaryl/α,β-unsaturated/α-hetero) is 1. The molecule has 2 aliphatic rings. The maximum absolute atomic E-state index is 12.5. The van der Waals surface area contributed by atoms with Gasteiger partial charge in [-0.25, -0.2) is 0 Å². The minimum Gasteiger partial charge on any atom is -0.344 e. The predicted octanol–water partition coefficient (Wildman–Crippen LogP) is 3.59. The molecule has 0 saturated carbocycles. The molecule has 1 atom stereocenters. The van der Waals surface area contributed by atoms with Gasteiger partial charge in [0, 0.05) is 29.3 Å². The van der Waals surface area contributed by atoms with Gasteiger partial charge < -0.3 is 4.57 Å². The van der Waals surface area contributed by atoms with Crippen molar-refractivity contribution in [3.05, 3.63) is 63.9 Å². The summed E-state index contributed by atoms with van der Waals surface area (Å²) in [6, 6.07) is 9.74. The molecule has 0 N–H and O–H groups in total. The third-order valence-electron chi connectivity index (χ3n) is 4.06. The van der Waals surface area contributed by atoms with E-state index in [2.05, 4.69) is 4.57 Å². The van der Waals surface area contributed by atoms with Crippen LogP contribution >= 0.6 is 11.6 Å². The number of ketones is 1. The Labute approximate surface area is 116 Å². The number of hydrogen-bond donors (Lipinski definition) is 0. The maximum atomic E-state index is 12.5. The molecule has 0 spiro atoms. The number of hydrogen-bond acceptors (Lipinski definition) is 1. The smallest absolute Gasteiger partial charge is 0.205 e. The summed E-state index contributed by atoms with van der Waals surface area (Å²) >= 11 is 6.05. The Bertz CT molecular complexity index is 726. The number of nitrogens with zero attached hydrogens (tertiary/aromatic N) is 1. The number of halogens is 1. The summed E-state index contributed by atoms with van der Waals surface area (Å²) in [5.41, 5.74) is 4.12. The highest BCUT2D eigenvalue weighted by Crippen LogP contribution is 2.36. The summed E-state index contributed by atoms with van der Waals surface area (Å²) in [6.07, 6.45) is 4.92. The van der Waals surface area contributed by atoms with E-state index in [1.807, 2.05) is 42.6 Å². The van der Waals surface area contributed by atoms with E-state index in [0.29, 0.717) is 0 Å². The topological polar surface area (TPSA) is 22.0 Å². The monoisotopic (exact) mass is 269 g/mol. The molecule has 3 heteroatoms. The Balaban J connectivity index is 1.86. The van der Waals surface area contributed by atoms with Crippen LogP contribution in [0.5, 0.6) is 0 Å². The lowest BCUT2D eigenvalue weighted by Gasteiger charge is -2.30. The quantitative estimate of drug-likeness (QED) is 0.716. The van der Waals surface area contributed by atoms with Crippen molar-refractivity contribution in [2.24, 2.45) is 5.92 Å². The van der Waals surface area contributed by atoms with Gasteiger partial charge in [0.2, 0.25) is 5.78 Å². The fourth-order valence-electron chi connectivity index (χ4n) is 3.13. The lowest BCUT2D eigenvalue weighted by molar-refractivity contribution is 0.0993. The van der Waals surface area contributed by atoms with E-state index in [4.69, 9.17) is 11.6 Å². The van der Waals surface area contributed by atoms with Crippen LogP contribution in [-0.4, -0.2) is 10.4 Å². The van der Waals surface area contributed by atoms with Crippen molar-refractivity contribution >= 4 is 23.5 Å². The molecule has 1 aliphatic carbocycles. The first-order valence-corrected chi connectivity index (χ1v) is 6.80. The van der Waals surface area contributed by atoms with Crippen molar-refractivity contribution in [3.63, 3.8) is 0 Å². The van der Waals surface area contributed by atoms with Gasteiger partial charge in [-0.2, -0.15) is 0 Å². The molecule has 1 aromatic carbocycles. The Kier molecular flexibility index (Phi) is 2.24. The summed E-state index contributed by atoms with van der Waals surface area (Å²) in [7, 11) is 0. The van der Waals surface area contributed by atoms with Crippen molar-refractivity contribution < 1.29 is 4.79 Å². The van der Waals surface area contributed by atoms with Gasteiger partial charge in [-0.3, -0.25) is 4.79 Å². The zero-order valence-electron chi connectivity index (χ0n) is 10.3. The van der Waals surface area contributed by atoms with Gasteiger partial charge in [0.25, 0.3) is 0 Å². The van der Waals surface area contributed by atoms with Crippen molar-refractivity contribution in [2.45, 2.75) is 13.0 Å². The summed E-state index contributed by atoms with van der Waals surface area (Å²) < 4.78 is 2.06. The first-order valence-electron chi connectivity index (χ1n) is 6.42. The Morgan fingerprint density at radius 2 is 2.16 bits per heavy atom. The van der Waals surface area contributed by atoms with Gasteiger partial charge in [-0.1, -0.05) is 17.7 Å². The molecule has 0 fully saturated rings. The second-order valence-electron chi connectivity index (χ2n) is 5.22. The first kappa shape index (κ1) is 11.1. The van der Waals surface area contributed by atoms with Crippen LogP contribution in [-0.2, 0) is 13.0 Å². The number of aromatic nitrogens is 1. The summed E-state index contributed by atoms with van der Waals surface area (Å²) in [6.45, 7) is 0.881. The van der Waals surface area contributed by atoms with E-state index in [-0.39, 0.29) is 11.7 Å². The van der Waals surface area contributed by atoms with Crippen LogP contribution in [0.4, 0.5) is 0 Å². The van der Waals surface area contributed by atoms with E-state index < -0.39 is 0 Å². The van der Waals surface area contributed by atoms with Gasteiger partial charge in [0.15, 0.2) is 0 Å². The Hall–Kier alpha value is -1.80. The van der Waals surface area contributed by atoms with E-state index in [1.165, 1.54) is 5.56 Å². The number of carbonyl (C=O) groups excluding carboxylic acids is 1.